The molecule has 1 fully saturated rings. The number of hydrogen-bond acceptors (Lipinski definition) is 3. The van der Waals surface area contributed by atoms with Crippen molar-refractivity contribution in [2.75, 3.05) is 19.6 Å². The number of likely N-dealkylation sites (tertiary alicyclic amines) is 1. The number of hydrogen-bond donors (Lipinski definition) is 1. The van der Waals surface area contributed by atoms with Crippen LogP contribution in [0.15, 0.2) is 28.7 Å². The maximum Gasteiger partial charge on any atom is 0.134 e. The highest BCUT2D eigenvalue weighted by Gasteiger charge is 2.16. The van der Waals surface area contributed by atoms with E-state index in [9.17, 15) is 0 Å². The monoisotopic (exact) mass is 286 g/mol. The molecule has 0 aliphatic carbocycles. The molecule has 0 bridgehead atoms. The van der Waals surface area contributed by atoms with E-state index >= 15 is 0 Å². The van der Waals surface area contributed by atoms with Crippen LogP contribution < -0.4 is 5.32 Å². The number of benzene rings is 1. The molecule has 21 heavy (non-hydrogen) atoms. The second-order valence-corrected chi connectivity index (χ2v) is 6.14. The van der Waals surface area contributed by atoms with Crippen LogP contribution in [0.5, 0.6) is 0 Å². The normalized spacial score (nSPS) is 17.6. The van der Waals surface area contributed by atoms with E-state index in [1.807, 2.05) is 6.07 Å². The molecule has 3 rings (SSSR count). The number of fused-ring (bicyclic) bond motifs is 1. The topological polar surface area (TPSA) is 28.4 Å². The maximum atomic E-state index is 5.96. The lowest BCUT2D eigenvalue weighted by molar-refractivity contribution is 0.298. The van der Waals surface area contributed by atoms with E-state index < -0.39 is 0 Å². The minimum atomic E-state index is 0.515. The number of nitrogens with one attached hydrogen (secondary N) is 1. The second-order valence-electron chi connectivity index (χ2n) is 6.14. The van der Waals surface area contributed by atoms with Crippen LogP contribution in [0.2, 0.25) is 0 Å². The Kier molecular flexibility index (Phi) is 4.61. The average Bonchev–Trinajstić information content (AvgIpc) is 3.12. The Morgan fingerprint density at radius 2 is 2.00 bits per heavy atom. The van der Waals surface area contributed by atoms with Crippen LogP contribution >= 0.6 is 0 Å². The number of furan rings is 1. The highest BCUT2D eigenvalue weighted by atomic mass is 16.3. The van der Waals surface area contributed by atoms with Gasteiger partial charge in [0.25, 0.3) is 0 Å². The van der Waals surface area contributed by atoms with Crippen LogP contribution in [0.3, 0.4) is 0 Å². The first-order valence-electron chi connectivity index (χ1n) is 8.23. The molecule has 1 aliphatic rings. The van der Waals surface area contributed by atoms with Crippen LogP contribution in [-0.2, 0) is 13.0 Å². The molecule has 1 aliphatic heterocycles. The van der Waals surface area contributed by atoms with Crippen molar-refractivity contribution in [3.8, 4) is 0 Å². The van der Waals surface area contributed by atoms with Gasteiger partial charge in [-0.25, -0.2) is 0 Å². The lowest BCUT2D eigenvalue weighted by Gasteiger charge is -2.21. The van der Waals surface area contributed by atoms with E-state index in [1.165, 1.54) is 36.9 Å². The van der Waals surface area contributed by atoms with Crippen molar-refractivity contribution in [1.29, 1.82) is 0 Å². The van der Waals surface area contributed by atoms with E-state index in [4.69, 9.17) is 4.42 Å². The fourth-order valence-corrected chi connectivity index (χ4v) is 3.32. The Balaban J connectivity index is 1.66. The third-order valence-electron chi connectivity index (χ3n) is 4.46. The van der Waals surface area contributed by atoms with Gasteiger partial charge < -0.3 is 14.6 Å². The zero-order valence-corrected chi connectivity index (χ0v) is 13.2. The first-order chi connectivity index (χ1) is 10.3. The number of aryl methyl sites for hydroxylation is 1. The Morgan fingerprint density at radius 3 is 2.76 bits per heavy atom. The summed E-state index contributed by atoms with van der Waals surface area (Å²) in [5.41, 5.74) is 2.35. The van der Waals surface area contributed by atoms with Crippen molar-refractivity contribution in [3.63, 3.8) is 0 Å². The third kappa shape index (κ3) is 3.30. The van der Waals surface area contributed by atoms with Gasteiger partial charge in [0, 0.05) is 36.5 Å². The van der Waals surface area contributed by atoms with Crippen molar-refractivity contribution in [2.45, 2.75) is 45.7 Å². The molecule has 114 valence electrons. The molecule has 1 atom stereocenters. The van der Waals surface area contributed by atoms with Gasteiger partial charge in [0.15, 0.2) is 0 Å². The van der Waals surface area contributed by atoms with E-state index in [-0.39, 0.29) is 0 Å². The molecule has 2 aromatic rings. The maximum absolute atomic E-state index is 5.96. The van der Waals surface area contributed by atoms with E-state index in [1.54, 1.807) is 0 Å². The first kappa shape index (κ1) is 14.6. The summed E-state index contributed by atoms with van der Waals surface area (Å²) in [4.78, 5) is 2.56. The SMILES string of the molecule is CCc1oc2ccccc2c1CNC(C)CN1CCCC1. The zero-order valence-electron chi connectivity index (χ0n) is 13.2. The van der Waals surface area contributed by atoms with Gasteiger partial charge in [-0.05, 0) is 38.9 Å². The van der Waals surface area contributed by atoms with Gasteiger partial charge in [-0.3, -0.25) is 0 Å². The summed E-state index contributed by atoms with van der Waals surface area (Å²) in [6.07, 6.45) is 3.67. The van der Waals surface area contributed by atoms with Crippen LogP contribution in [0.1, 0.15) is 38.0 Å². The van der Waals surface area contributed by atoms with Gasteiger partial charge in [0.05, 0.1) is 0 Å². The largest absolute Gasteiger partial charge is 0.461 e. The predicted octanol–water partition coefficient (Wildman–Crippen LogP) is 3.57. The molecule has 1 saturated heterocycles. The zero-order chi connectivity index (χ0) is 14.7. The predicted molar refractivity (Wildman–Crippen MR) is 87.6 cm³/mol. The van der Waals surface area contributed by atoms with Gasteiger partial charge in [0.2, 0.25) is 0 Å². The van der Waals surface area contributed by atoms with Crippen molar-refractivity contribution >= 4 is 11.0 Å². The molecule has 0 amide bonds. The molecule has 2 heterocycles. The van der Waals surface area contributed by atoms with Gasteiger partial charge in [-0.2, -0.15) is 0 Å². The quantitative estimate of drug-likeness (QED) is 0.880. The Labute approximate surface area is 127 Å². The van der Waals surface area contributed by atoms with Crippen LogP contribution in [0, 0.1) is 0 Å². The molecule has 1 unspecified atom stereocenters. The number of para-hydroxylation sites is 1. The molecule has 0 saturated carbocycles. The molecule has 1 aromatic heterocycles. The van der Waals surface area contributed by atoms with Crippen LogP contribution in [0.25, 0.3) is 11.0 Å². The molecule has 3 nitrogen and oxygen atoms in total. The second kappa shape index (κ2) is 6.63. The Morgan fingerprint density at radius 1 is 1.24 bits per heavy atom. The summed E-state index contributed by atoms with van der Waals surface area (Å²) >= 11 is 0. The molecule has 1 N–H and O–H groups in total. The van der Waals surface area contributed by atoms with Crippen molar-refractivity contribution < 1.29 is 4.42 Å². The van der Waals surface area contributed by atoms with E-state index in [2.05, 4.69) is 42.3 Å². The van der Waals surface area contributed by atoms with Crippen LogP contribution in [-0.4, -0.2) is 30.6 Å². The molecule has 0 spiro atoms. The molecular formula is C18H26N2O. The summed E-state index contributed by atoms with van der Waals surface area (Å²) in [5, 5.41) is 4.94. The van der Waals surface area contributed by atoms with Gasteiger partial charge >= 0.3 is 0 Å². The van der Waals surface area contributed by atoms with Gasteiger partial charge in [-0.1, -0.05) is 25.1 Å². The molecule has 3 heteroatoms. The van der Waals surface area contributed by atoms with Gasteiger partial charge in [0.1, 0.15) is 11.3 Å². The highest BCUT2D eigenvalue weighted by Crippen LogP contribution is 2.26. The van der Waals surface area contributed by atoms with Crippen molar-refractivity contribution in [1.82, 2.24) is 10.2 Å². The van der Waals surface area contributed by atoms with Crippen molar-refractivity contribution in [3.05, 3.63) is 35.6 Å². The summed E-state index contributed by atoms with van der Waals surface area (Å²) < 4.78 is 5.96. The van der Waals surface area contributed by atoms with Crippen LogP contribution in [0.4, 0.5) is 0 Å². The minimum Gasteiger partial charge on any atom is -0.461 e. The standard InChI is InChI=1S/C18H26N2O/c1-3-17-16(15-8-4-5-9-18(15)21-17)12-19-14(2)13-20-10-6-7-11-20/h4-5,8-9,14,19H,3,6-7,10-13H2,1-2H3. The minimum absolute atomic E-state index is 0.515. The summed E-state index contributed by atoms with van der Waals surface area (Å²) in [5.74, 6) is 1.12. The van der Waals surface area contributed by atoms with Gasteiger partial charge in [-0.15, -0.1) is 0 Å². The Bertz CT molecular complexity index is 584. The third-order valence-corrected chi connectivity index (χ3v) is 4.46. The number of rotatable bonds is 6. The lowest BCUT2D eigenvalue weighted by Crippen LogP contribution is -2.37. The molecule has 0 radical (unpaired) electrons. The summed E-state index contributed by atoms with van der Waals surface area (Å²) in [6.45, 7) is 9.02. The highest BCUT2D eigenvalue weighted by molar-refractivity contribution is 5.82. The average molecular weight is 286 g/mol. The summed E-state index contributed by atoms with van der Waals surface area (Å²) in [6, 6.07) is 8.88. The summed E-state index contributed by atoms with van der Waals surface area (Å²) in [7, 11) is 0. The van der Waals surface area contributed by atoms with E-state index in [0.717, 1.165) is 30.9 Å². The number of nitrogens with zero attached hydrogens (tertiary/aromatic N) is 1. The molecule has 1 aromatic carbocycles. The fourth-order valence-electron chi connectivity index (χ4n) is 3.32. The smallest absolute Gasteiger partial charge is 0.134 e. The fraction of sp³-hybridized carbons (Fsp3) is 0.556. The lowest BCUT2D eigenvalue weighted by atomic mass is 10.1. The first-order valence-corrected chi connectivity index (χ1v) is 8.23. The Hall–Kier alpha value is -1.32. The van der Waals surface area contributed by atoms with Crippen molar-refractivity contribution in [2.24, 2.45) is 0 Å². The van der Waals surface area contributed by atoms with E-state index in [0.29, 0.717) is 6.04 Å². The molecular weight excluding hydrogens is 260 g/mol.